The molecule has 1 N–H and O–H groups in total. The van der Waals surface area contributed by atoms with Crippen molar-refractivity contribution in [1.29, 1.82) is 0 Å². The summed E-state index contributed by atoms with van der Waals surface area (Å²) in [4.78, 5) is 38.5. The van der Waals surface area contributed by atoms with Gasteiger partial charge in [0, 0.05) is 11.8 Å². The number of hydrogen-bond donors (Lipinski definition) is 1. The molecule has 0 aromatic heterocycles. The quantitative estimate of drug-likeness (QED) is 0.0632. The molecule has 0 amide bonds. The monoisotopic (exact) mass is 766 g/mol. The smallest absolute Gasteiger partial charge is 0.308 e. The van der Waals surface area contributed by atoms with E-state index in [2.05, 4.69) is 13.8 Å². The Hall–Kier alpha value is -1.83. The van der Waals surface area contributed by atoms with Crippen LogP contribution in [0.1, 0.15) is 146 Å². The Bertz CT molecular complexity index is 1300. The third kappa shape index (κ3) is 11.9. The Kier molecular flexibility index (Phi) is 13.6. The molecule has 2 saturated heterocycles. The minimum absolute atomic E-state index is 0.00682. The number of ether oxygens (including phenoxy) is 8. The van der Waals surface area contributed by atoms with Crippen molar-refractivity contribution in [2.45, 2.75) is 198 Å². The molecule has 5 rings (SSSR count). The van der Waals surface area contributed by atoms with Crippen LogP contribution in [-0.4, -0.2) is 108 Å². The zero-order valence-electron chi connectivity index (χ0n) is 34.6. The number of esters is 3. The molecule has 12 nitrogen and oxygen atoms in total. The van der Waals surface area contributed by atoms with Gasteiger partial charge in [0.2, 0.25) is 0 Å². The van der Waals surface area contributed by atoms with E-state index in [1.807, 2.05) is 48.5 Å². The van der Waals surface area contributed by atoms with Crippen molar-refractivity contribution in [2.75, 3.05) is 33.0 Å². The molecule has 7 unspecified atom stereocenters. The molecular formula is C42H70O12. The van der Waals surface area contributed by atoms with Crippen LogP contribution in [0.25, 0.3) is 0 Å². The van der Waals surface area contributed by atoms with Crippen LogP contribution in [0.2, 0.25) is 0 Å². The first-order chi connectivity index (χ1) is 25.1. The standard InChI is InChI=1S/C42H70O12/c1-37(2,28-12-18-40(7,46)19-13-28)52-34(43)15-21-47-26-31(49-23-17-36(45)54-39(5,6)30-10-11-32-42(9,25-30)50-32)27-48-22-16-35(44)53-38(3,4)29-14-20-41(8)33(24-29)51-41/h28-33,46H,10-27H2,1-9H3. The van der Waals surface area contributed by atoms with Crippen molar-refractivity contribution < 1.29 is 57.4 Å². The molecular weight excluding hydrogens is 696 g/mol. The summed E-state index contributed by atoms with van der Waals surface area (Å²) < 4.78 is 47.2. The zero-order valence-corrected chi connectivity index (χ0v) is 34.6. The second kappa shape index (κ2) is 16.9. The second-order valence-corrected chi connectivity index (χ2v) is 19.2. The third-order valence-corrected chi connectivity index (χ3v) is 13.3. The molecule has 54 heavy (non-hydrogen) atoms. The van der Waals surface area contributed by atoms with Crippen molar-refractivity contribution in [3.8, 4) is 0 Å². The number of rotatable bonds is 20. The lowest BCUT2D eigenvalue weighted by Crippen LogP contribution is -2.42. The fraction of sp³-hybridized carbons (Fsp3) is 0.929. The molecule has 12 heteroatoms. The Morgan fingerprint density at radius 1 is 0.630 bits per heavy atom. The number of carbonyl (C=O) groups is 3. The summed E-state index contributed by atoms with van der Waals surface area (Å²) in [5, 5.41) is 10.3. The van der Waals surface area contributed by atoms with Crippen LogP contribution in [0.15, 0.2) is 0 Å². The van der Waals surface area contributed by atoms with Gasteiger partial charge in [-0.15, -0.1) is 0 Å². The number of hydrogen-bond acceptors (Lipinski definition) is 12. The summed E-state index contributed by atoms with van der Waals surface area (Å²) in [6, 6.07) is 0. The molecule has 5 fully saturated rings. The largest absolute Gasteiger partial charge is 0.459 e. The van der Waals surface area contributed by atoms with Crippen LogP contribution < -0.4 is 0 Å². The summed E-state index contributed by atoms with van der Waals surface area (Å²) in [5.41, 5.74) is -2.59. The van der Waals surface area contributed by atoms with Crippen molar-refractivity contribution in [3.63, 3.8) is 0 Å². The average molecular weight is 767 g/mol. The second-order valence-electron chi connectivity index (χ2n) is 19.2. The molecule has 0 aromatic carbocycles. The van der Waals surface area contributed by atoms with Gasteiger partial charge in [-0.05, 0) is 132 Å². The van der Waals surface area contributed by atoms with Crippen LogP contribution in [0.3, 0.4) is 0 Å². The molecule has 0 radical (unpaired) electrons. The highest BCUT2D eigenvalue weighted by molar-refractivity contribution is 5.70. The van der Waals surface area contributed by atoms with E-state index in [1.165, 1.54) is 0 Å². The molecule has 0 bridgehead atoms. The Morgan fingerprint density at radius 3 is 1.65 bits per heavy atom. The van der Waals surface area contributed by atoms with Crippen molar-refractivity contribution >= 4 is 17.9 Å². The molecule has 7 atom stereocenters. The summed E-state index contributed by atoms with van der Waals surface area (Å²) in [6.07, 6.45) is 8.90. The van der Waals surface area contributed by atoms with E-state index < -0.39 is 28.5 Å². The van der Waals surface area contributed by atoms with Crippen molar-refractivity contribution in [2.24, 2.45) is 17.8 Å². The lowest BCUT2D eigenvalue weighted by atomic mass is 9.73. The predicted molar refractivity (Wildman–Crippen MR) is 200 cm³/mol. The van der Waals surface area contributed by atoms with Crippen LogP contribution in [0.5, 0.6) is 0 Å². The van der Waals surface area contributed by atoms with Gasteiger partial charge < -0.3 is 43.0 Å². The molecule has 3 aliphatic carbocycles. The highest BCUT2D eigenvalue weighted by Crippen LogP contribution is 2.53. The minimum Gasteiger partial charge on any atom is -0.459 e. The van der Waals surface area contributed by atoms with E-state index in [0.29, 0.717) is 18.9 Å². The van der Waals surface area contributed by atoms with Gasteiger partial charge in [0.15, 0.2) is 0 Å². The van der Waals surface area contributed by atoms with Crippen LogP contribution in [-0.2, 0) is 52.3 Å². The summed E-state index contributed by atoms with van der Waals surface area (Å²) in [5.74, 6) is -0.355. The molecule has 3 saturated carbocycles. The molecule has 2 aliphatic heterocycles. The first-order valence-electron chi connectivity index (χ1n) is 20.6. The van der Waals surface area contributed by atoms with Crippen molar-refractivity contribution in [1.82, 2.24) is 0 Å². The maximum Gasteiger partial charge on any atom is 0.308 e. The van der Waals surface area contributed by atoms with Gasteiger partial charge in [0.1, 0.15) is 22.9 Å². The minimum atomic E-state index is -0.656. The van der Waals surface area contributed by atoms with Crippen LogP contribution in [0.4, 0.5) is 0 Å². The highest BCUT2D eigenvalue weighted by atomic mass is 16.6. The van der Waals surface area contributed by atoms with Gasteiger partial charge in [0.25, 0.3) is 0 Å². The fourth-order valence-corrected chi connectivity index (χ4v) is 9.06. The van der Waals surface area contributed by atoms with Crippen molar-refractivity contribution in [3.05, 3.63) is 0 Å². The summed E-state index contributed by atoms with van der Waals surface area (Å²) in [6.45, 7) is 18.5. The molecule has 310 valence electrons. The highest BCUT2D eigenvalue weighted by Gasteiger charge is 2.59. The molecule has 0 spiro atoms. The van der Waals surface area contributed by atoms with E-state index in [1.54, 1.807) is 0 Å². The van der Waals surface area contributed by atoms with Gasteiger partial charge in [-0.2, -0.15) is 0 Å². The van der Waals surface area contributed by atoms with E-state index in [-0.39, 0.29) is 105 Å². The normalized spacial score (nSPS) is 34.2. The summed E-state index contributed by atoms with van der Waals surface area (Å²) in [7, 11) is 0. The Labute approximate surface area is 323 Å². The topological polar surface area (TPSA) is 152 Å². The van der Waals surface area contributed by atoms with E-state index >= 15 is 0 Å². The molecule has 2 heterocycles. The first kappa shape index (κ1) is 43.3. The number of fused-ring (bicyclic) bond motifs is 2. The maximum absolute atomic E-state index is 12.9. The molecule has 5 aliphatic rings. The van der Waals surface area contributed by atoms with E-state index in [0.717, 1.165) is 51.4 Å². The Balaban J connectivity index is 1.04. The fourth-order valence-electron chi connectivity index (χ4n) is 9.06. The van der Waals surface area contributed by atoms with Gasteiger partial charge in [-0.1, -0.05) is 0 Å². The molecule has 0 aromatic rings. The lowest BCUT2D eigenvalue weighted by Gasteiger charge is -2.40. The number of aliphatic hydroxyl groups is 1. The van der Waals surface area contributed by atoms with Gasteiger partial charge >= 0.3 is 17.9 Å². The third-order valence-electron chi connectivity index (χ3n) is 13.3. The predicted octanol–water partition coefficient (Wildman–Crippen LogP) is 6.40. The van der Waals surface area contributed by atoms with Gasteiger partial charge in [-0.3, -0.25) is 14.4 Å². The van der Waals surface area contributed by atoms with Gasteiger partial charge in [-0.25, -0.2) is 0 Å². The summed E-state index contributed by atoms with van der Waals surface area (Å²) >= 11 is 0. The number of epoxide rings is 2. The average Bonchev–Trinajstić information content (AvgIpc) is 3.95. The van der Waals surface area contributed by atoms with E-state index in [9.17, 15) is 19.5 Å². The maximum atomic E-state index is 12.9. The van der Waals surface area contributed by atoms with Gasteiger partial charge in [0.05, 0.1) is 81.3 Å². The van der Waals surface area contributed by atoms with Crippen LogP contribution in [0, 0.1) is 17.8 Å². The van der Waals surface area contributed by atoms with E-state index in [4.69, 9.17) is 37.9 Å². The SMILES string of the molecule is CC1(O)CCC(C(C)(C)OC(=O)CCOCC(COCCC(=O)OC(C)(C)C2CCC3(C)OC3C2)OCCC(=O)OC(C)(C)C2CCC3OC3(C)C2)CC1. The Morgan fingerprint density at radius 2 is 1.11 bits per heavy atom. The number of carbonyl (C=O) groups excluding carboxylic acids is 3. The van der Waals surface area contributed by atoms with Crippen LogP contribution >= 0.6 is 0 Å². The zero-order chi connectivity index (χ0) is 39.6. The lowest BCUT2D eigenvalue weighted by molar-refractivity contribution is -0.168. The first-order valence-corrected chi connectivity index (χ1v) is 20.6.